The van der Waals surface area contributed by atoms with Gasteiger partial charge in [-0.3, -0.25) is 4.79 Å². The number of nitrogens with one attached hydrogen (secondary N) is 2. The second-order valence-electron chi connectivity index (χ2n) is 7.12. The molecule has 0 unspecified atom stereocenters. The van der Waals surface area contributed by atoms with Gasteiger partial charge in [0.25, 0.3) is 5.91 Å². The van der Waals surface area contributed by atoms with Crippen molar-refractivity contribution < 1.29 is 24.5 Å². The van der Waals surface area contributed by atoms with Gasteiger partial charge in [0.1, 0.15) is 5.75 Å². The van der Waals surface area contributed by atoms with Gasteiger partial charge in [-0.05, 0) is 69.0 Å². The van der Waals surface area contributed by atoms with Crippen LogP contribution in [0.15, 0.2) is 24.3 Å². The van der Waals surface area contributed by atoms with E-state index in [1.165, 1.54) is 32.1 Å². The average Bonchev–Trinajstić information content (AvgIpc) is 2.68. The second-order valence-corrected chi connectivity index (χ2v) is 7.12. The van der Waals surface area contributed by atoms with Gasteiger partial charge in [0, 0.05) is 11.6 Å². The van der Waals surface area contributed by atoms with Crippen molar-refractivity contribution in [1.82, 2.24) is 10.6 Å². The summed E-state index contributed by atoms with van der Waals surface area (Å²) in [5.74, 6) is 1.55. The van der Waals surface area contributed by atoms with Crippen LogP contribution in [0.2, 0.25) is 0 Å². The van der Waals surface area contributed by atoms with Gasteiger partial charge >= 0.3 is 6.16 Å². The first-order valence-corrected chi connectivity index (χ1v) is 9.71. The van der Waals surface area contributed by atoms with E-state index in [4.69, 9.17) is 19.7 Å². The summed E-state index contributed by atoms with van der Waals surface area (Å²) in [6, 6.07) is 7.92. The zero-order valence-corrected chi connectivity index (χ0v) is 15.7. The minimum absolute atomic E-state index is 0.0433. The smallest absolute Gasteiger partial charge is 0.493 e. The van der Waals surface area contributed by atoms with E-state index < -0.39 is 6.16 Å². The van der Waals surface area contributed by atoms with Gasteiger partial charge in [0.15, 0.2) is 0 Å². The quantitative estimate of drug-likeness (QED) is 0.626. The molecule has 3 rings (SSSR count). The van der Waals surface area contributed by atoms with Crippen molar-refractivity contribution in [3.8, 4) is 5.75 Å². The van der Waals surface area contributed by atoms with Crippen LogP contribution in [0.4, 0.5) is 4.79 Å². The van der Waals surface area contributed by atoms with Crippen LogP contribution in [-0.2, 0) is 0 Å². The molecule has 1 saturated heterocycles. The van der Waals surface area contributed by atoms with Gasteiger partial charge < -0.3 is 25.6 Å². The summed E-state index contributed by atoms with van der Waals surface area (Å²) in [6.07, 6.45) is 6.52. The van der Waals surface area contributed by atoms with Gasteiger partial charge in [-0.25, -0.2) is 4.79 Å². The zero-order valence-electron chi connectivity index (χ0n) is 15.7. The highest BCUT2D eigenvalue weighted by Crippen LogP contribution is 2.19. The molecule has 1 aliphatic heterocycles. The summed E-state index contributed by atoms with van der Waals surface area (Å²) < 4.78 is 5.87. The largest absolute Gasteiger partial charge is 0.503 e. The van der Waals surface area contributed by atoms with Crippen molar-refractivity contribution in [2.45, 2.75) is 51.0 Å². The molecule has 1 heterocycles. The Morgan fingerprint density at radius 2 is 1.59 bits per heavy atom. The Labute approximate surface area is 160 Å². The van der Waals surface area contributed by atoms with Gasteiger partial charge in [-0.1, -0.05) is 19.3 Å². The molecule has 27 heavy (non-hydrogen) atoms. The predicted octanol–water partition coefficient (Wildman–Crippen LogP) is 3.35. The highest BCUT2D eigenvalue weighted by Gasteiger charge is 2.17. The second kappa shape index (κ2) is 11.4. The van der Waals surface area contributed by atoms with Crippen molar-refractivity contribution in [2.75, 3.05) is 19.7 Å². The van der Waals surface area contributed by atoms with E-state index in [9.17, 15) is 4.79 Å². The lowest BCUT2D eigenvalue weighted by Gasteiger charge is -2.23. The molecule has 0 radical (unpaired) electrons. The molecular weight excluding hydrogens is 348 g/mol. The molecular formula is C20H30N2O5. The Morgan fingerprint density at radius 3 is 2.19 bits per heavy atom. The lowest BCUT2D eigenvalue weighted by atomic mass is 9.95. The zero-order chi connectivity index (χ0) is 19.5. The number of piperidine rings is 1. The van der Waals surface area contributed by atoms with Crippen LogP contribution < -0.4 is 15.4 Å². The lowest BCUT2D eigenvalue weighted by Crippen LogP contribution is -2.36. The minimum Gasteiger partial charge on any atom is -0.493 e. The molecule has 0 spiro atoms. The molecule has 0 bridgehead atoms. The molecule has 1 aliphatic carbocycles. The highest BCUT2D eigenvalue weighted by atomic mass is 16.6. The van der Waals surface area contributed by atoms with Crippen LogP contribution in [0.1, 0.15) is 55.3 Å². The molecule has 4 N–H and O–H groups in total. The van der Waals surface area contributed by atoms with Crippen molar-refractivity contribution in [3.05, 3.63) is 29.8 Å². The summed E-state index contributed by atoms with van der Waals surface area (Å²) in [5.41, 5.74) is 0.727. The van der Waals surface area contributed by atoms with Gasteiger partial charge in [-0.15, -0.1) is 0 Å². The Balaban J connectivity index is 0.000000596. The molecule has 1 amide bonds. The van der Waals surface area contributed by atoms with Crippen LogP contribution in [-0.4, -0.2) is 48.0 Å². The maximum absolute atomic E-state index is 12.3. The standard InChI is InChI=1S/C19H28N2O2.CH2O3/c22-19(21-17-4-2-1-3-5-17)16-6-8-18(9-7-16)23-14-15-10-12-20-13-11-15;2-1(3)4/h6-9,15,17,20H,1-5,10-14H2,(H,21,22);(H2,2,3,4). The summed E-state index contributed by atoms with van der Waals surface area (Å²) in [7, 11) is 0. The number of carbonyl (C=O) groups is 2. The number of amides is 1. The summed E-state index contributed by atoms with van der Waals surface area (Å²) in [4.78, 5) is 20.8. The Bertz CT molecular complexity index is 575. The van der Waals surface area contributed by atoms with Crippen LogP contribution in [0.5, 0.6) is 5.75 Å². The fourth-order valence-corrected chi connectivity index (χ4v) is 3.48. The number of rotatable bonds is 5. The summed E-state index contributed by atoms with van der Waals surface area (Å²) in [5, 5.41) is 20.5. The van der Waals surface area contributed by atoms with E-state index in [-0.39, 0.29) is 5.91 Å². The number of hydrogen-bond acceptors (Lipinski definition) is 4. The van der Waals surface area contributed by atoms with E-state index in [1.54, 1.807) is 0 Å². The molecule has 1 saturated carbocycles. The summed E-state index contributed by atoms with van der Waals surface area (Å²) >= 11 is 0. The number of benzene rings is 1. The lowest BCUT2D eigenvalue weighted by molar-refractivity contribution is 0.0927. The molecule has 7 heteroatoms. The first-order chi connectivity index (χ1) is 13.0. The topological polar surface area (TPSA) is 108 Å². The maximum Gasteiger partial charge on any atom is 0.503 e. The number of ether oxygens (including phenoxy) is 1. The van der Waals surface area contributed by atoms with Crippen molar-refractivity contribution in [3.63, 3.8) is 0 Å². The average molecular weight is 378 g/mol. The highest BCUT2D eigenvalue weighted by molar-refractivity contribution is 5.94. The van der Waals surface area contributed by atoms with E-state index in [1.807, 2.05) is 24.3 Å². The van der Waals surface area contributed by atoms with Crippen molar-refractivity contribution in [2.24, 2.45) is 5.92 Å². The Hall–Kier alpha value is -2.28. The summed E-state index contributed by atoms with van der Waals surface area (Å²) in [6.45, 7) is 2.96. The number of carboxylic acid groups (broad SMARTS) is 2. The van der Waals surface area contributed by atoms with E-state index in [0.29, 0.717) is 12.0 Å². The Morgan fingerprint density at radius 1 is 1.00 bits per heavy atom. The monoisotopic (exact) mass is 378 g/mol. The van der Waals surface area contributed by atoms with Crippen LogP contribution in [0.3, 0.4) is 0 Å². The first kappa shape index (κ1) is 21.0. The molecule has 0 aromatic heterocycles. The van der Waals surface area contributed by atoms with Crippen molar-refractivity contribution >= 4 is 12.1 Å². The minimum atomic E-state index is -1.83. The third-order valence-corrected chi connectivity index (χ3v) is 5.00. The van der Waals surface area contributed by atoms with E-state index in [0.717, 1.165) is 43.9 Å². The number of hydrogen-bond donors (Lipinski definition) is 4. The van der Waals surface area contributed by atoms with Crippen LogP contribution >= 0.6 is 0 Å². The molecule has 1 aromatic carbocycles. The van der Waals surface area contributed by atoms with E-state index >= 15 is 0 Å². The number of carbonyl (C=O) groups excluding carboxylic acids is 1. The SMILES string of the molecule is O=C(NC1CCCCC1)c1ccc(OCC2CCNCC2)cc1.O=C(O)O. The molecule has 7 nitrogen and oxygen atoms in total. The van der Waals surface area contributed by atoms with E-state index in [2.05, 4.69) is 10.6 Å². The normalized spacial score (nSPS) is 18.1. The third-order valence-electron chi connectivity index (χ3n) is 5.00. The maximum atomic E-state index is 12.3. The van der Waals surface area contributed by atoms with Crippen molar-refractivity contribution in [1.29, 1.82) is 0 Å². The van der Waals surface area contributed by atoms with Gasteiger partial charge in [0.05, 0.1) is 6.61 Å². The van der Waals surface area contributed by atoms with Crippen LogP contribution in [0, 0.1) is 5.92 Å². The fraction of sp³-hybridized carbons (Fsp3) is 0.600. The van der Waals surface area contributed by atoms with Gasteiger partial charge in [-0.2, -0.15) is 0 Å². The first-order valence-electron chi connectivity index (χ1n) is 9.71. The van der Waals surface area contributed by atoms with Gasteiger partial charge in [0.2, 0.25) is 0 Å². The molecule has 2 fully saturated rings. The fourth-order valence-electron chi connectivity index (χ4n) is 3.48. The third kappa shape index (κ3) is 8.30. The molecule has 150 valence electrons. The molecule has 0 atom stereocenters. The van der Waals surface area contributed by atoms with Crippen LogP contribution in [0.25, 0.3) is 0 Å². The molecule has 1 aromatic rings. The predicted molar refractivity (Wildman–Crippen MR) is 103 cm³/mol. The molecule has 2 aliphatic rings. The Kier molecular flexibility index (Phi) is 8.91.